The lowest BCUT2D eigenvalue weighted by atomic mass is 9.76. The van der Waals surface area contributed by atoms with Crippen LogP contribution < -0.4 is 5.73 Å². The van der Waals surface area contributed by atoms with Crippen LogP contribution in [0.4, 0.5) is 0 Å². The Labute approximate surface area is 179 Å². The third-order valence-electron chi connectivity index (χ3n) is 5.92. The maximum atomic E-state index is 9.85. The molecule has 0 unspecified atom stereocenters. The summed E-state index contributed by atoms with van der Waals surface area (Å²) in [5.41, 5.74) is 10.4. The first-order chi connectivity index (χ1) is 15.0. The van der Waals surface area contributed by atoms with Gasteiger partial charge in [-0.1, -0.05) is 18.2 Å². The lowest BCUT2D eigenvalue weighted by molar-refractivity contribution is 0.0302. The maximum Gasteiger partial charge on any atom is 0.251 e. The average molecular weight is 416 g/mol. The van der Waals surface area contributed by atoms with Gasteiger partial charge in [0.05, 0.1) is 47.0 Å². The molecular formula is C23H24N6O2. The van der Waals surface area contributed by atoms with E-state index in [1.165, 1.54) is 0 Å². The van der Waals surface area contributed by atoms with Crippen LogP contribution in [0.5, 0.6) is 0 Å². The monoisotopic (exact) mass is 416 g/mol. The summed E-state index contributed by atoms with van der Waals surface area (Å²) in [4.78, 5) is 13.6. The van der Waals surface area contributed by atoms with Crippen molar-refractivity contribution in [2.24, 2.45) is 11.7 Å². The molecule has 0 spiro atoms. The van der Waals surface area contributed by atoms with E-state index in [1.54, 1.807) is 30.1 Å². The second-order valence-electron chi connectivity index (χ2n) is 8.15. The van der Waals surface area contributed by atoms with Gasteiger partial charge in [0.1, 0.15) is 0 Å². The fourth-order valence-corrected chi connectivity index (χ4v) is 4.00. The fourth-order valence-electron chi connectivity index (χ4n) is 4.00. The number of nitrogens with two attached hydrogens (primary N) is 1. The van der Waals surface area contributed by atoms with Crippen LogP contribution in [-0.2, 0) is 0 Å². The summed E-state index contributed by atoms with van der Waals surface area (Å²) >= 11 is 0. The van der Waals surface area contributed by atoms with Crippen LogP contribution in [0.2, 0.25) is 0 Å². The van der Waals surface area contributed by atoms with Gasteiger partial charge in [-0.2, -0.15) is 9.78 Å². The van der Waals surface area contributed by atoms with Crippen molar-refractivity contribution in [3.8, 4) is 17.2 Å². The van der Waals surface area contributed by atoms with Crippen LogP contribution in [0, 0.1) is 5.92 Å². The SMILES string of the molecule is C[C@H](O)c1ccnc(-n2ncc3ccc(-c4cccc([C@@H](N)C5CC(O)C5)n4)cc32)n1. The van der Waals surface area contributed by atoms with E-state index in [2.05, 4.69) is 15.1 Å². The zero-order valence-corrected chi connectivity index (χ0v) is 17.1. The number of fused-ring (bicyclic) bond motifs is 1. The van der Waals surface area contributed by atoms with Crippen molar-refractivity contribution in [2.75, 3.05) is 0 Å². The summed E-state index contributed by atoms with van der Waals surface area (Å²) < 4.78 is 1.66. The topological polar surface area (TPSA) is 123 Å². The summed E-state index contributed by atoms with van der Waals surface area (Å²) in [6.07, 6.45) is 3.90. The van der Waals surface area contributed by atoms with Crippen molar-refractivity contribution in [2.45, 2.75) is 38.0 Å². The van der Waals surface area contributed by atoms with Gasteiger partial charge in [-0.15, -0.1) is 0 Å². The van der Waals surface area contributed by atoms with E-state index in [-0.39, 0.29) is 18.1 Å². The van der Waals surface area contributed by atoms with Gasteiger partial charge in [-0.25, -0.2) is 9.97 Å². The van der Waals surface area contributed by atoms with Gasteiger partial charge in [0.2, 0.25) is 0 Å². The minimum Gasteiger partial charge on any atom is -0.393 e. The second-order valence-corrected chi connectivity index (χ2v) is 8.15. The molecule has 3 aromatic heterocycles. The molecule has 1 aromatic carbocycles. The number of rotatable bonds is 5. The highest BCUT2D eigenvalue weighted by molar-refractivity contribution is 5.84. The van der Waals surface area contributed by atoms with Crippen molar-refractivity contribution in [3.63, 3.8) is 0 Å². The van der Waals surface area contributed by atoms with Gasteiger partial charge in [-0.3, -0.25) is 4.98 Å². The molecule has 0 saturated heterocycles. The molecule has 1 aliphatic rings. The molecule has 1 saturated carbocycles. The second kappa shape index (κ2) is 7.81. The Kier molecular flexibility index (Phi) is 4.97. The molecular weight excluding hydrogens is 392 g/mol. The molecule has 0 amide bonds. The number of pyridine rings is 1. The Balaban J connectivity index is 1.51. The highest BCUT2D eigenvalue weighted by Crippen LogP contribution is 2.36. The van der Waals surface area contributed by atoms with Crippen LogP contribution in [0.3, 0.4) is 0 Å². The minimum atomic E-state index is -0.688. The first kappa shape index (κ1) is 19.7. The number of benzene rings is 1. The third-order valence-corrected chi connectivity index (χ3v) is 5.92. The summed E-state index contributed by atoms with van der Waals surface area (Å²) in [7, 11) is 0. The van der Waals surface area contributed by atoms with E-state index in [0.29, 0.717) is 11.6 Å². The molecule has 8 nitrogen and oxygen atoms in total. The van der Waals surface area contributed by atoms with Crippen LogP contribution in [0.25, 0.3) is 28.1 Å². The highest BCUT2D eigenvalue weighted by Gasteiger charge is 2.33. The molecule has 4 N–H and O–H groups in total. The van der Waals surface area contributed by atoms with Gasteiger partial charge in [0.25, 0.3) is 5.95 Å². The van der Waals surface area contributed by atoms with Gasteiger partial charge in [-0.05, 0) is 49.9 Å². The van der Waals surface area contributed by atoms with E-state index in [4.69, 9.17) is 10.7 Å². The molecule has 31 heavy (non-hydrogen) atoms. The summed E-state index contributed by atoms with van der Waals surface area (Å²) in [5.74, 6) is 0.665. The van der Waals surface area contributed by atoms with Crippen molar-refractivity contribution in [1.82, 2.24) is 24.7 Å². The first-order valence-electron chi connectivity index (χ1n) is 10.4. The standard InChI is InChI=1S/C23H24N6O2/c1-13(30)18-7-8-25-23(28-18)29-21-11-14(5-6-15(21)12-26-29)19-3-2-4-20(27-19)22(24)16-9-17(31)10-16/h2-8,11-13,16-17,22,30-31H,9-10,24H2,1H3/t13-,16?,17?,22-/m0/s1. The Bertz CT molecular complexity index is 1230. The largest absolute Gasteiger partial charge is 0.393 e. The van der Waals surface area contributed by atoms with Crippen molar-refractivity contribution in [3.05, 3.63) is 66.2 Å². The van der Waals surface area contributed by atoms with Crippen molar-refractivity contribution >= 4 is 10.9 Å². The summed E-state index contributed by atoms with van der Waals surface area (Å²) in [6, 6.07) is 13.4. The Morgan fingerprint density at radius 3 is 2.71 bits per heavy atom. The molecule has 158 valence electrons. The molecule has 5 rings (SSSR count). The third kappa shape index (κ3) is 3.69. The lowest BCUT2D eigenvalue weighted by Gasteiger charge is -2.35. The molecule has 0 bridgehead atoms. The molecule has 0 aliphatic heterocycles. The Morgan fingerprint density at radius 1 is 1.10 bits per heavy atom. The summed E-state index contributed by atoms with van der Waals surface area (Å²) in [5, 5.41) is 24.8. The molecule has 4 aromatic rings. The van der Waals surface area contributed by atoms with Gasteiger partial charge < -0.3 is 15.9 Å². The number of nitrogens with zero attached hydrogens (tertiary/aromatic N) is 5. The van der Waals surface area contributed by atoms with Crippen LogP contribution in [0.1, 0.15) is 43.3 Å². The molecule has 3 heterocycles. The molecule has 8 heteroatoms. The number of hydrogen-bond acceptors (Lipinski definition) is 7. The number of aliphatic hydroxyl groups excluding tert-OH is 2. The van der Waals surface area contributed by atoms with Crippen molar-refractivity contribution < 1.29 is 10.2 Å². The Morgan fingerprint density at radius 2 is 1.94 bits per heavy atom. The molecule has 2 atom stereocenters. The van der Waals surface area contributed by atoms with Gasteiger partial charge in [0, 0.05) is 17.1 Å². The number of hydrogen-bond donors (Lipinski definition) is 3. The number of aromatic nitrogens is 5. The van der Waals surface area contributed by atoms with Crippen LogP contribution >= 0.6 is 0 Å². The fraction of sp³-hybridized carbons (Fsp3) is 0.304. The molecule has 0 radical (unpaired) electrons. The van der Waals surface area contributed by atoms with E-state index in [9.17, 15) is 10.2 Å². The molecule has 1 aliphatic carbocycles. The quantitative estimate of drug-likeness (QED) is 0.457. The van der Waals surface area contributed by atoms with Crippen molar-refractivity contribution in [1.29, 1.82) is 0 Å². The summed E-state index contributed by atoms with van der Waals surface area (Å²) in [6.45, 7) is 1.67. The average Bonchev–Trinajstić information content (AvgIpc) is 3.20. The van der Waals surface area contributed by atoms with Crippen LogP contribution in [-0.4, -0.2) is 41.0 Å². The van der Waals surface area contributed by atoms with Gasteiger partial charge >= 0.3 is 0 Å². The maximum absolute atomic E-state index is 9.85. The zero-order chi connectivity index (χ0) is 21.5. The van der Waals surface area contributed by atoms with E-state index >= 15 is 0 Å². The van der Waals surface area contributed by atoms with E-state index in [1.807, 2.05) is 36.4 Å². The lowest BCUT2D eigenvalue weighted by Crippen LogP contribution is -2.36. The number of aliphatic hydroxyl groups is 2. The predicted molar refractivity (Wildman–Crippen MR) is 116 cm³/mol. The normalized spacial score (nSPS) is 20.4. The van der Waals surface area contributed by atoms with E-state index in [0.717, 1.165) is 40.7 Å². The first-order valence-corrected chi connectivity index (χ1v) is 10.4. The van der Waals surface area contributed by atoms with Crippen LogP contribution in [0.15, 0.2) is 54.9 Å². The predicted octanol–water partition coefficient (Wildman–Crippen LogP) is 2.70. The highest BCUT2D eigenvalue weighted by atomic mass is 16.3. The van der Waals surface area contributed by atoms with E-state index < -0.39 is 6.10 Å². The minimum absolute atomic E-state index is 0.186. The Hall–Kier alpha value is -3.20. The smallest absolute Gasteiger partial charge is 0.251 e. The molecule has 1 fully saturated rings. The zero-order valence-electron chi connectivity index (χ0n) is 17.1. The van der Waals surface area contributed by atoms with Gasteiger partial charge in [0.15, 0.2) is 0 Å².